The topological polar surface area (TPSA) is 35.6 Å². The SMILES string of the molecule is CC1(C)c2ccccc2-c2c1c1ccc3c(c4cc(-c5cccc6c5sc5ccccc56)ccc4n3-c3nc(-c4ccccc4)c4ccccc4n3)c1n2-c1ccccc1. The number of hydrogen-bond donors (Lipinski definition) is 0. The molecule has 0 saturated heterocycles. The molecule has 0 fully saturated rings. The predicted molar refractivity (Wildman–Crippen MR) is 252 cm³/mol. The normalized spacial score (nSPS) is 13.3. The molecule has 0 unspecified atom stereocenters. The minimum absolute atomic E-state index is 0.204. The summed E-state index contributed by atoms with van der Waals surface area (Å²) in [6.07, 6.45) is 0. The minimum atomic E-state index is -0.204. The Labute approximate surface area is 350 Å². The molecule has 0 bridgehead atoms. The summed E-state index contributed by atoms with van der Waals surface area (Å²) in [6, 6.07) is 66.0. The molecule has 0 spiro atoms. The van der Waals surface area contributed by atoms with Crippen LogP contribution < -0.4 is 0 Å². The van der Waals surface area contributed by atoms with E-state index in [1.807, 2.05) is 11.3 Å². The van der Waals surface area contributed by atoms with Crippen molar-refractivity contribution in [3.05, 3.63) is 193 Å². The van der Waals surface area contributed by atoms with Gasteiger partial charge in [-0.05, 0) is 64.7 Å². The van der Waals surface area contributed by atoms with Gasteiger partial charge in [0.15, 0.2) is 0 Å². The van der Waals surface area contributed by atoms with E-state index in [1.165, 1.54) is 75.4 Å². The lowest BCUT2D eigenvalue weighted by molar-refractivity contribution is 0.666. The Balaban J connectivity index is 1.20. The molecular weight excluding hydrogens is 749 g/mol. The molecule has 0 amide bonds. The van der Waals surface area contributed by atoms with Crippen molar-refractivity contribution in [2.75, 3.05) is 0 Å². The van der Waals surface area contributed by atoms with E-state index < -0.39 is 0 Å². The van der Waals surface area contributed by atoms with Gasteiger partial charge in [0.1, 0.15) is 0 Å². The second-order valence-corrected chi connectivity index (χ2v) is 17.6. The first kappa shape index (κ1) is 33.6. The molecule has 0 radical (unpaired) electrons. The highest BCUT2D eigenvalue weighted by Gasteiger charge is 2.41. The van der Waals surface area contributed by atoms with Crippen molar-refractivity contribution < 1.29 is 0 Å². The van der Waals surface area contributed by atoms with Gasteiger partial charge < -0.3 is 4.57 Å². The van der Waals surface area contributed by atoms with Gasteiger partial charge in [0.05, 0.1) is 33.5 Å². The maximum atomic E-state index is 5.47. The van der Waals surface area contributed by atoms with Gasteiger partial charge in [-0.25, -0.2) is 9.97 Å². The molecule has 13 rings (SSSR count). The number of fused-ring (bicyclic) bond motifs is 13. The number of hydrogen-bond acceptors (Lipinski definition) is 3. The van der Waals surface area contributed by atoms with E-state index in [2.05, 4.69) is 205 Å². The largest absolute Gasteiger partial charge is 0.308 e. The quantitative estimate of drug-likeness (QED) is 0.178. The van der Waals surface area contributed by atoms with Gasteiger partial charge in [0, 0.05) is 63.9 Å². The van der Waals surface area contributed by atoms with Gasteiger partial charge >= 0.3 is 0 Å². The van der Waals surface area contributed by atoms with Crippen molar-refractivity contribution >= 4 is 75.1 Å². The molecule has 0 atom stereocenters. The van der Waals surface area contributed by atoms with Crippen LogP contribution in [0.15, 0.2) is 182 Å². The molecule has 4 aromatic heterocycles. The Kier molecular flexibility index (Phi) is 6.91. The fraction of sp³-hybridized carbons (Fsp3) is 0.0545. The van der Waals surface area contributed by atoms with Gasteiger partial charge in [0.25, 0.3) is 0 Å². The molecule has 12 aromatic rings. The minimum Gasteiger partial charge on any atom is -0.308 e. The second kappa shape index (κ2) is 12.3. The van der Waals surface area contributed by atoms with Crippen molar-refractivity contribution in [1.82, 2.24) is 19.1 Å². The average molecular weight is 785 g/mol. The fourth-order valence-electron chi connectivity index (χ4n) is 10.3. The highest BCUT2D eigenvalue weighted by molar-refractivity contribution is 7.26. The van der Waals surface area contributed by atoms with E-state index >= 15 is 0 Å². The summed E-state index contributed by atoms with van der Waals surface area (Å²) in [5.41, 5.74) is 14.9. The lowest BCUT2D eigenvalue weighted by Crippen LogP contribution is -2.14. The predicted octanol–water partition coefficient (Wildman–Crippen LogP) is 14.7. The van der Waals surface area contributed by atoms with Crippen LogP contribution in [0.1, 0.15) is 25.0 Å². The number of nitrogens with zero attached hydrogens (tertiary/aromatic N) is 4. The number of aromatic nitrogens is 4. The summed E-state index contributed by atoms with van der Waals surface area (Å²) in [5.74, 6) is 0.655. The molecule has 0 N–H and O–H groups in total. The molecule has 4 heterocycles. The van der Waals surface area contributed by atoms with Crippen molar-refractivity contribution in [3.63, 3.8) is 0 Å². The molecule has 8 aromatic carbocycles. The van der Waals surface area contributed by atoms with Gasteiger partial charge in [0.2, 0.25) is 5.95 Å². The summed E-state index contributed by atoms with van der Waals surface area (Å²) in [5, 5.41) is 7.26. The van der Waals surface area contributed by atoms with Crippen molar-refractivity contribution in [2.24, 2.45) is 0 Å². The van der Waals surface area contributed by atoms with Crippen LogP contribution in [0.5, 0.6) is 0 Å². The fourth-order valence-corrected chi connectivity index (χ4v) is 11.5. The van der Waals surface area contributed by atoms with E-state index in [0.29, 0.717) is 5.95 Å². The van der Waals surface area contributed by atoms with Crippen LogP contribution >= 0.6 is 11.3 Å². The highest BCUT2D eigenvalue weighted by Crippen LogP contribution is 2.55. The number of thiophene rings is 1. The molecule has 0 aliphatic heterocycles. The molecule has 1 aliphatic rings. The standard InChI is InChI=1S/C55H36N4S/c1-55(2)43-25-12-9-21-39(43)52-49(55)41-29-31-46-48(51(41)58(52)35-18-7-4-8-19-35)42-32-34(36-23-15-24-38-37-20-11-14-27-47(37)60-53(36)38)28-30-45(42)59(46)54-56-44-26-13-10-22-40(44)50(57-54)33-16-5-3-6-17-33/h3-32H,1-2H3. The zero-order chi connectivity index (χ0) is 39.7. The van der Waals surface area contributed by atoms with Crippen LogP contribution in [0.2, 0.25) is 0 Å². The van der Waals surface area contributed by atoms with Gasteiger partial charge in [-0.2, -0.15) is 0 Å². The maximum Gasteiger partial charge on any atom is 0.235 e. The van der Waals surface area contributed by atoms with Crippen molar-refractivity contribution in [1.29, 1.82) is 0 Å². The first-order valence-electron chi connectivity index (χ1n) is 20.6. The van der Waals surface area contributed by atoms with Gasteiger partial charge in [-0.1, -0.05) is 153 Å². The monoisotopic (exact) mass is 784 g/mol. The molecule has 60 heavy (non-hydrogen) atoms. The van der Waals surface area contributed by atoms with Crippen molar-refractivity contribution in [2.45, 2.75) is 19.3 Å². The van der Waals surface area contributed by atoms with Crippen LogP contribution in [-0.4, -0.2) is 19.1 Å². The third-order valence-electron chi connectivity index (χ3n) is 12.9. The summed E-state index contributed by atoms with van der Waals surface area (Å²) in [7, 11) is 0. The Hall–Kier alpha value is -7.34. The molecule has 282 valence electrons. The lowest BCUT2D eigenvalue weighted by atomic mass is 9.81. The number of rotatable bonds is 4. The first-order valence-corrected chi connectivity index (χ1v) is 21.4. The average Bonchev–Trinajstić information content (AvgIpc) is 4.02. The van der Waals surface area contributed by atoms with Gasteiger partial charge in [-0.3, -0.25) is 4.57 Å². The van der Waals surface area contributed by atoms with E-state index in [4.69, 9.17) is 9.97 Å². The summed E-state index contributed by atoms with van der Waals surface area (Å²) in [6.45, 7) is 4.77. The van der Waals surface area contributed by atoms with E-state index in [-0.39, 0.29) is 5.41 Å². The second-order valence-electron chi connectivity index (χ2n) is 16.5. The van der Waals surface area contributed by atoms with E-state index in [0.717, 1.165) is 38.9 Å². The molecular formula is C55H36N4S. The lowest BCUT2D eigenvalue weighted by Gasteiger charge is -2.21. The Morgan fingerprint density at radius 1 is 0.500 bits per heavy atom. The van der Waals surface area contributed by atoms with Crippen LogP contribution in [0.3, 0.4) is 0 Å². The molecule has 4 nitrogen and oxygen atoms in total. The van der Waals surface area contributed by atoms with E-state index in [9.17, 15) is 0 Å². The van der Waals surface area contributed by atoms with Gasteiger partial charge in [-0.15, -0.1) is 11.3 Å². The van der Waals surface area contributed by atoms with E-state index in [1.54, 1.807) is 0 Å². The maximum absolute atomic E-state index is 5.47. The summed E-state index contributed by atoms with van der Waals surface area (Å²) < 4.78 is 7.46. The Morgan fingerprint density at radius 3 is 2.07 bits per heavy atom. The zero-order valence-electron chi connectivity index (χ0n) is 33.0. The molecule has 0 saturated carbocycles. The third kappa shape index (κ3) is 4.55. The number of para-hydroxylation sites is 2. The van der Waals surface area contributed by atoms with Crippen LogP contribution in [0.25, 0.3) is 109 Å². The van der Waals surface area contributed by atoms with Crippen molar-refractivity contribution in [3.8, 4) is 45.3 Å². The first-order chi connectivity index (χ1) is 29.5. The van der Waals surface area contributed by atoms with Crippen LogP contribution in [0.4, 0.5) is 0 Å². The highest BCUT2D eigenvalue weighted by atomic mass is 32.1. The molecule has 5 heteroatoms. The smallest absolute Gasteiger partial charge is 0.235 e. The van der Waals surface area contributed by atoms with Crippen LogP contribution in [-0.2, 0) is 5.41 Å². The third-order valence-corrected chi connectivity index (χ3v) is 14.1. The summed E-state index contributed by atoms with van der Waals surface area (Å²) >= 11 is 1.88. The number of benzene rings is 8. The summed E-state index contributed by atoms with van der Waals surface area (Å²) in [4.78, 5) is 10.8. The zero-order valence-corrected chi connectivity index (χ0v) is 33.8. The Morgan fingerprint density at radius 2 is 1.20 bits per heavy atom. The molecule has 1 aliphatic carbocycles. The Bertz CT molecular complexity index is 3740. The van der Waals surface area contributed by atoms with Crippen LogP contribution in [0, 0.1) is 0 Å².